The summed E-state index contributed by atoms with van der Waals surface area (Å²) in [6.07, 6.45) is 2.21. The minimum Gasteiger partial charge on any atom is -0.477 e. The van der Waals surface area contributed by atoms with E-state index in [2.05, 4.69) is 23.1 Å². The number of anilines is 2. The van der Waals surface area contributed by atoms with Gasteiger partial charge in [0.05, 0.1) is 5.00 Å². The minimum absolute atomic E-state index is 0.396. The molecule has 0 fully saturated rings. The number of carboxylic acids is 1. The molecule has 1 aromatic heterocycles. The monoisotopic (exact) mass is 259 g/mol. The van der Waals surface area contributed by atoms with E-state index in [1.54, 1.807) is 6.07 Å². The predicted octanol–water partition coefficient (Wildman–Crippen LogP) is 3.53. The van der Waals surface area contributed by atoms with Gasteiger partial charge >= 0.3 is 5.97 Å². The number of aromatic carboxylic acids is 1. The number of benzene rings is 1. The number of thiophene rings is 1. The summed E-state index contributed by atoms with van der Waals surface area (Å²) in [7, 11) is 0. The summed E-state index contributed by atoms with van der Waals surface area (Å²) in [5, 5.41) is 10.00. The zero-order chi connectivity index (χ0) is 12.5. The molecule has 0 atom stereocenters. The zero-order valence-electron chi connectivity index (χ0n) is 9.80. The number of carbonyl (C=O) groups is 1. The number of carboxylic acid groups (broad SMARTS) is 1. The summed E-state index contributed by atoms with van der Waals surface area (Å²) >= 11 is 1.34. The van der Waals surface area contributed by atoms with Crippen molar-refractivity contribution in [2.75, 3.05) is 11.4 Å². The maximum absolute atomic E-state index is 10.9. The molecule has 0 unspecified atom stereocenters. The van der Waals surface area contributed by atoms with Gasteiger partial charge in [0.1, 0.15) is 4.88 Å². The SMILES string of the molecule is O=C(O)c1ccc(N2CCCc3ccccc32)s1. The Hall–Kier alpha value is -1.81. The Bertz CT molecular complexity index is 591. The van der Waals surface area contributed by atoms with Crippen molar-refractivity contribution in [2.45, 2.75) is 12.8 Å². The van der Waals surface area contributed by atoms with Gasteiger partial charge in [-0.05, 0) is 36.6 Å². The first-order chi connectivity index (χ1) is 8.75. The molecule has 92 valence electrons. The lowest BCUT2D eigenvalue weighted by atomic mass is 10.0. The van der Waals surface area contributed by atoms with Gasteiger partial charge in [0, 0.05) is 12.2 Å². The first-order valence-corrected chi connectivity index (χ1v) is 6.76. The lowest BCUT2D eigenvalue weighted by Crippen LogP contribution is -2.23. The fourth-order valence-electron chi connectivity index (χ4n) is 2.35. The van der Waals surface area contributed by atoms with E-state index < -0.39 is 5.97 Å². The Kier molecular flexibility index (Phi) is 2.80. The van der Waals surface area contributed by atoms with E-state index in [4.69, 9.17) is 5.11 Å². The van der Waals surface area contributed by atoms with E-state index in [-0.39, 0.29) is 0 Å². The largest absolute Gasteiger partial charge is 0.477 e. The van der Waals surface area contributed by atoms with Crippen LogP contribution in [0.25, 0.3) is 0 Å². The number of aryl methyl sites for hydroxylation is 1. The third-order valence-electron chi connectivity index (χ3n) is 3.18. The van der Waals surface area contributed by atoms with Gasteiger partial charge in [0.2, 0.25) is 0 Å². The molecule has 1 aliphatic heterocycles. The molecule has 0 saturated carbocycles. The van der Waals surface area contributed by atoms with Gasteiger partial charge < -0.3 is 10.0 Å². The topological polar surface area (TPSA) is 40.5 Å². The molecule has 2 aromatic rings. The van der Waals surface area contributed by atoms with E-state index in [1.165, 1.54) is 22.6 Å². The van der Waals surface area contributed by atoms with Crippen LogP contribution in [0.5, 0.6) is 0 Å². The predicted molar refractivity (Wildman–Crippen MR) is 73.0 cm³/mol. The van der Waals surface area contributed by atoms with Crippen molar-refractivity contribution in [3.05, 3.63) is 46.8 Å². The van der Waals surface area contributed by atoms with Gasteiger partial charge in [-0.1, -0.05) is 18.2 Å². The van der Waals surface area contributed by atoms with Gasteiger partial charge in [-0.25, -0.2) is 4.79 Å². The second-order valence-corrected chi connectivity index (χ2v) is 5.39. The molecule has 0 saturated heterocycles. The minimum atomic E-state index is -0.850. The average molecular weight is 259 g/mol. The third-order valence-corrected chi connectivity index (χ3v) is 4.28. The van der Waals surface area contributed by atoms with Crippen LogP contribution in [-0.2, 0) is 6.42 Å². The first kappa shape index (κ1) is 11.3. The zero-order valence-corrected chi connectivity index (χ0v) is 10.6. The van der Waals surface area contributed by atoms with Crippen LogP contribution in [0.1, 0.15) is 21.7 Å². The lowest BCUT2D eigenvalue weighted by molar-refractivity contribution is 0.0702. The Morgan fingerprint density at radius 1 is 1.22 bits per heavy atom. The Balaban J connectivity index is 2.00. The first-order valence-electron chi connectivity index (χ1n) is 5.94. The van der Waals surface area contributed by atoms with Crippen LogP contribution in [-0.4, -0.2) is 17.6 Å². The molecule has 0 spiro atoms. The van der Waals surface area contributed by atoms with Crippen LogP contribution >= 0.6 is 11.3 Å². The second kappa shape index (κ2) is 4.46. The maximum Gasteiger partial charge on any atom is 0.345 e. The van der Waals surface area contributed by atoms with Crippen LogP contribution in [0.3, 0.4) is 0 Å². The highest BCUT2D eigenvalue weighted by Crippen LogP contribution is 2.37. The average Bonchev–Trinajstić information content (AvgIpc) is 2.87. The molecule has 0 aliphatic carbocycles. The number of hydrogen-bond acceptors (Lipinski definition) is 3. The summed E-state index contributed by atoms with van der Waals surface area (Å²) < 4.78 is 0. The molecule has 2 heterocycles. The summed E-state index contributed by atoms with van der Waals surface area (Å²) in [6, 6.07) is 11.9. The van der Waals surface area contributed by atoms with E-state index in [1.807, 2.05) is 12.1 Å². The Morgan fingerprint density at radius 3 is 2.83 bits per heavy atom. The number of nitrogens with zero attached hydrogens (tertiary/aromatic N) is 1. The van der Waals surface area contributed by atoms with Crippen molar-refractivity contribution in [3.8, 4) is 0 Å². The summed E-state index contributed by atoms with van der Waals surface area (Å²) in [6.45, 7) is 0.955. The molecular weight excluding hydrogens is 246 g/mol. The molecule has 1 aliphatic rings. The van der Waals surface area contributed by atoms with Gasteiger partial charge in [0.25, 0.3) is 0 Å². The van der Waals surface area contributed by atoms with E-state index in [0.717, 1.165) is 24.4 Å². The number of fused-ring (bicyclic) bond motifs is 1. The second-order valence-electron chi connectivity index (χ2n) is 4.33. The van der Waals surface area contributed by atoms with Crippen molar-refractivity contribution in [1.29, 1.82) is 0 Å². The van der Waals surface area contributed by atoms with Crippen LogP contribution < -0.4 is 4.90 Å². The van der Waals surface area contributed by atoms with E-state index in [0.29, 0.717) is 4.88 Å². The fraction of sp³-hybridized carbons (Fsp3) is 0.214. The maximum atomic E-state index is 10.9. The molecule has 18 heavy (non-hydrogen) atoms. The smallest absolute Gasteiger partial charge is 0.345 e. The Labute approximate surface area is 109 Å². The van der Waals surface area contributed by atoms with Crippen molar-refractivity contribution in [3.63, 3.8) is 0 Å². The van der Waals surface area contributed by atoms with Crippen LogP contribution in [0.2, 0.25) is 0 Å². The highest BCUT2D eigenvalue weighted by Gasteiger charge is 2.19. The molecule has 0 bridgehead atoms. The van der Waals surface area contributed by atoms with Crippen LogP contribution in [0.15, 0.2) is 36.4 Å². The molecule has 1 aromatic carbocycles. The summed E-state index contributed by atoms with van der Waals surface area (Å²) in [5.74, 6) is -0.850. The summed E-state index contributed by atoms with van der Waals surface area (Å²) in [5.41, 5.74) is 2.55. The lowest BCUT2D eigenvalue weighted by Gasteiger charge is -2.29. The van der Waals surface area contributed by atoms with E-state index in [9.17, 15) is 4.79 Å². The van der Waals surface area contributed by atoms with Crippen molar-refractivity contribution < 1.29 is 9.90 Å². The molecule has 1 N–H and O–H groups in total. The van der Waals surface area contributed by atoms with Crippen LogP contribution in [0.4, 0.5) is 10.7 Å². The Morgan fingerprint density at radius 2 is 2.06 bits per heavy atom. The number of rotatable bonds is 2. The molecule has 3 nitrogen and oxygen atoms in total. The summed E-state index contributed by atoms with van der Waals surface area (Å²) in [4.78, 5) is 13.5. The number of hydrogen-bond donors (Lipinski definition) is 1. The van der Waals surface area contributed by atoms with Gasteiger partial charge in [0.15, 0.2) is 0 Å². The quantitative estimate of drug-likeness (QED) is 0.897. The van der Waals surface area contributed by atoms with Gasteiger partial charge in [-0.2, -0.15) is 0 Å². The van der Waals surface area contributed by atoms with Crippen molar-refractivity contribution in [2.24, 2.45) is 0 Å². The van der Waals surface area contributed by atoms with Crippen molar-refractivity contribution in [1.82, 2.24) is 0 Å². The normalized spacial score (nSPS) is 14.3. The van der Waals surface area contributed by atoms with Gasteiger partial charge in [-0.3, -0.25) is 0 Å². The molecule has 0 radical (unpaired) electrons. The third kappa shape index (κ3) is 1.88. The highest BCUT2D eigenvalue weighted by molar-refractivity contribution is 7.17. The molecule has 3 rings (SSSR count). The molecular formula is C14H13NO2S. The fourth-order valence-corrected chi connectivity index (χ4v) is 3.23. The molecule has 4 heteroatoms. The number of para-hydroxylation sites is 1. The highest BCUT2D eigenvalue weighted by atomic mass is 32.1. The van der Waals surface area contributed by atoms with E-state index >= 15 is 0 Å². The van der Waals surface area contributed by atoms with Gasteiger partial charge in [-0.15, -0.1) is 11.3 Å². The van der Waals surface area contributed by atoms with Crippen molar-refractivity contribution >= 4 is 28.0 Å². The molecule has 0 amide bonds. The standard InChI is InChI=1S/C14H13NO2S/c16-14(17)12-7-8-13(18-12)15-9-3-5-10-4-1-2-6-11(10)15/h1-2,4,6-8H,3,5,9H2,(H,16,17). The van der Waals surface area contributed by atoms with Crippen LogP contribution in [0, 0.1) is 0 Å².